The lowest BCUT2D eigenvalue weighted by Gasteiger charge is -2.12. The van der Waals surface area contributed by atoms with Gasteiger partial charge >= 0.3 is 6.09 Å². The number of benzene rings is 1. The topological polar surface area (TPSA) is 64.3 Å². The molecule has 0 radical (unpaired) electrons. The number of hydrogen-bond donors (Lipinski definition) is 2. The highest BCUT2D eigenvalue weighted by Crippen LogP contribution is 2.21. The number of anilines is 2. The van der Waals surface area contributed by atoms with E-state index in [1.807, 2.05) is 0 Å². The molecule has 2 rings (SSSR count). The average molecular weight is 220 g/mol. The lowest BCUT2D eigenvalue weighted by Crippen LogP contribution is -2.20. The molecule has 4 heteroatoms. The largest absolute Gasteiger partial charge is 0.446 e. The van der Waals surface area contributed by atoms with Crippen molar-refractivity contribution in [2.75, 3.05) is 11.1 Å². The molecular formula is C12H16N2O2. The van der Waals surface area contributed by atoms with Gasteiger partial charge in [0.2, 0.25) is 0 Å². The minimum atomic E-state index is -0.391. The van der Waals surface area contributed by atoms with Crippen molar-refractivity contribution in [3.8, 4) is 0 Å². The highest BCUT2D eigenvalue weighted by atomic mass is 16.6. The molecule has 0 saturated heterocycles. The quantitative estimate of drug-likeness (QED) is 0.753. The number of nitrogen functional groups attached to an aromatic ring is 1. The SMILES string of the molecule is Nc1cccc(NC(=O)OC2CCCC2)c1. The fraction of sp³-hybridized carbons (Fsp3) is 0.417. The lowest BCUT2D eigenvalue weighted by molar-refractivity contribution is 0.114. The van der Waals surface area contributed by atoms with Crippen molar-refractivity contribution in [1.82, 2.24) is 0 Å². The van der Waals surface area contributed by atoms with Crippen LogP contribution in [0.15, 0.2) is 24.3 Å². The third-order valence-corrected chi connectivity index (χ3v) is 2.71. The van der Waals surface area contributed by atoms with E-state index in [2.05, 4.69) is 5.32 Å². The normalized spacial score (nSPS) is 16.0. The second-order valence-corrected chi connectivity index (χ2v) is 4.06. The second-order valence-electron chi connectivity index (χ2n) is 4.06. The van der Waals surface area contributed by atoms with Crippen molar-refractivity contribution < 1.29 is 9.53 Å². The molecule has 3 N–H and O–H groups in total. The van der Waals surface area contributed by atoms with Crippen LogP contribution in [0.5, 0.6) is 0 Å². The number of ether oxygens (including phenoxy) is 1. The van der Waals surface area contributed by atoms with Crippen LogP contribution in [0, 0.1) is 0 Å². The molecule has 1 aliphatic rings. The summed E-state index contributed by atoms with van der Waals surface area (Å²) in [4.78, 5) is 11.5. The summed E-state index contributed by atoms with van der Waals surface area (Å²) < 4.78 is 5.26. The van der Waals surface area contributed by atoms with Crippen molar-refractivity contribution in [2.24, 2.45) is 0 Å². The fourth-order valence-corrected chi connectivity index (χ4v) is 1.92. The van der Waals surface area contributed by atoms with Crippen LogP contribution in [0.25, 0.3) is 0 Å². The number of hydrogen-bond acceptors (Lipinski definition) is 3. The Bertz CT molecular complexity index is 373. The first-order valence-corrected chi connectivity index (χ1v) is 5.57. The summed E-state index contributed by atoms with van der Waals surface area (Å²) in [6.45, 7) is 0. The van der Waals surface area contributed by atoms with E-state index < -0.39 is 6.09 Å². The number of carbonyl (C=O) groups excluding carboxylic acids is 1. The Morgan fingerprint density at radius 2 is 2.12 bits per heavy atom. The van der Waals surface area contributed by atoms with Crippen molar-refractivity contribution in [3.63, 3.8) is 0 Å². The van der Waals surface area contributed by atoms with E-state index in [1.165, 1.54) is 0 Å². The number of rotatable bonds is 2. The Morgan fingerprint density at radius 1 is 1.38 bits per heavy atom. The number of amides is 1. The van der Waals surface area contributed by atoms with Crippen LogP contribution < -0.4 is 11.1 Å². The maximum atomic E-state index is 11.5. The monoisotopic (exact) mass is 220 g/mol. The zero-order valence-corrected chi connectivity index (χ0v) is 9.11. The molecule has 0 aromatic heterocycles. The van der Waals surface area contributed by atoms with Gasteiger partial charge in [0, 0.05) is 11.4 Å². The molecule has 1 aliphatic carbocycles. The maximum absolute atomic E-state index is 11.5. The van der Waals surface area contributed by atoms with Crippen LogP contribution in [0.2, 0.25) is 0 Å². The van der Waals surface area contributed by atoms with Crippen molar-refractivity contribution in [2.45, 2.75) is 31.8 Å². The molecule has 0 spiro atoms. The highest BCUT2D eigenvalue weighted by molar-refractivity contribution is 5.85. The van der Waals surface area contributed by atoms with Gasteiger partial charge in [0.15, 0.2) is 0 Å². The highest BCUT2D eigenvalue weighted by Gasteiger charge is 2.18. The third kappa shape index (κ3) is 2.89. The number of carbonyl (C=O) groups is 1. The summed E-state index contributed by atoms with van der Waals surface area (Å²) in [5, 5.41) is 2.67. The minimum absolute atomic E-state index is 0.0843. The van der Waals surface area contributed by atoms with Gasteiger partial charge in [-0.05, 0) is 43.9 Å². The molecule has 16 heavy (non-hydrogen) atoms. The zero-order valence-electron chi connectivity index (χ0n) is 9.11. The van der Waals surface area contributed by atoms with E-state index in [-0.39, 0.29) is 6.10 Å². The molecule has 0 atom stereocenters. The first kappa shape index (κ1) is 10.8. The molecule has 1 aromatic carbocycles. The van der Waals surface area contributed by atoms with E-state index in [0.29, 0.717) is 11.4 Å². The molecule has 0 heterocycles. The molecule has 1 saturated carbocycles. The van der Waals surface area contributed by atoms with E-state index in [4.69, 9.17) is 10.5 Å². The summed E-state index contributed by atoms with van der Waals surface area (Å²) >= 11 is 0. The molecule has 0 aliphatic heterocycles. The van der Waals surface area contributed by atoms with Crippen LogP contribution in [0.4, 0.5) is 16.2 Å². The summed E-state index contributed by atoms with van der Waals surface area (Å²) in [7, 11) is 0. The predicted molar refractivity (Wildman–Crippen MR) is 63.2 cm³/mol. The molecule has 1 amide bonds. The smallest absolute Gasteiger partial charge is 0.411 e. The van der Waals surface area contributed by atoms with Gasteiger partial charge in [-0.3, -0.25) is 5.32 Å². The van der Waals surface area contributed by atoms with Crippen LogP contribution in [-0.4, -0.2) is 12.2 Å². The van der Waals surface area contributed by atoms with E-state index in [9.17, 15) is 4.79 Å². The predicted octanol–water partition coefficient (Wildman–Crippen LogP) is 2.76. The lowest BCUT2D eigenvalue weighted by atomic mass is 10.3. The average Bonchev–Trinajstić information content (AvgIpc) is 2.70. The Balaban J connectivity index is 1.86. The van der Waals surface area contributed by atoms with Gasteiger partial charge in [-0.25, -0.2) is 4.79 Å². The molecule has 4 nitrogen and oxygen atoms in total. The van der Waals surface area contributed by atoms with Crippen LogP contribution in [0.1, 0.15) is 25.7 Å². The van der Waals surface area contributed by atoms with Gasteiger partial charge in [-0.2, -0.15) is 0 Å². The van der Waals surface area contributed by atoms with E-state index >= 15 is 0 Å². The minimum Gasteiger partial charge on any atom is -0.446 e. The van der Waals surface area contributed by atoms with Crippen molar-refractivity contribution in [3.05, 3.63) is 24.3 Å². The van der Waals surface area contributed by atoms with Crippen LogP contribution in [-0.2, 0) is 4.74 Å². The van der Waals surface area contributed by atoms with Crippen LogP contribution >= 0.6 is 0 Å². The Morgan fingerprint density at radius 3 is 2.81 bits per heavy atom. The van der Waals surface area contributed by atoms with Gasteiger partial charge in [-0.15, -0.1) is 0 Å². The second kappa shape index (κ2) is 4.88. The van der Waals surface area contributed by atoms with Crippen LogP contribution in [0.3, 0.4) is 0 Å². The zero-order chi connectivity index (χ0) is 11.4. The van der Waals surface area contributed by atoms with Gasteiger partial charge in [0.25, 0.3) is 0 Å². The van der Waals surface area contributed by atoms with Gasteiger partial charge in [-0.1, -0.05) is 6.07 Å². The maximum Gasteiger partial charge on any atom is 0.411 e. The molecule has 0 unspecified atom stereocenters. The molecule has 86 valence electrons. The standard InChI is InChI=1S/C12H16N2O2/c13-9-4-3-5-10(8-9)14-12(15)16-11-6-1-2-7-11/h3-5,8,11H,1-2,6-7,13H2,(H,14,15). The van der Waals surface area contributed by atoms with Gasteiger partial charge < -0.3 is 10.5 Å². The Labute approximate surface area is 94.8 Å². The first-order valence-electron chi connectivity index (χ1n) is 5.57. The third-order valence-electron chi connectivity index (χ3n) is 2.71. The fourth-order valence-electron chi connectivity index (χ4n) is 1.92. The van der Waals surface area contributed by atoms with E-state index in [0.717, 1.165) is 25.7 Å². The Kier molecular flexibility index (Phi) is 3.29. The summed E-state index contributed by atoms with van der Waals surface area (Å²) in [5.41, 5.74) is 6.90. The summed E-state index contributed by atoms with van der Waals surface area (Å²) in [5.74, 6) is 0. The summed E-state index contributed by atoms with van der Waals surface area (Å²) in [6, 6.07) is 7.05. The van der Waals surface area contributed by atoms with Crippen molar-refractivity contribution >= 4 is 17.5 Å². The summed E-state index contributed by atoms with van der Waals surface area (Å²) in [6.07, 6.45) is 3.94. The van der Waals surface area contributed by atoms with Gasteiger partial charge in [0.1, 0.15) is 6.10 Å². The number of nitrogens with one attached hydrogen (secondary N) is 1. The van der Waals surface area contributed by atoms with Crippen molar-refractivity contribution in [1.29, 1.82) is 0 Å². The first-order chi connectivity index (χ1) is 7.74. The Hall–Kier alpha value is -1.71. The molecule has 0 bridgehead atoms. The van der Waals surface area contributed by atoms with E-state index in [1.54, 1.807) is 24.3 Å². The molecule has 1 aromatic rings. The number of nitrogens with two attached hydrogens (primary N) is 1. The molecule has 1 fully saturated rings. The van der Waals surface area contributed by atoms with Gasteiger partial charge in [0.05, 0.1) is 0 Å². The molecular weight excluding hydrogens is 204 g/mol.